The molecule has 0 spiro atoms. The highest BCUT2D eigenvalue weighted by Gasteiger charge is 2.03. The number of nitrogens with zero attached hydrogens (tertiary/aromatic N) is 1. The summed E-state index contributed by atoms with van der Waals surface area (Å²) in [5.41, 5.74) is 7.41. The van der Waals surface area contributed by atoms with Gasteiger partial charge in [0.1, 0.15) is 12.4 Å². The molecule has 0 saturated heterocycles. The van der Waals surface area contributed by atoms with Gasteiger partial charge in [-0.25, -0.2) is 0 Å². The van der Waals surface area contributed by atoms with E-state index in [-0.39, 0.29) is 5.96 Å². The molecule has 0 heterocycles. The number of hydrogen-bond acceptors (Lipinski definition) is 2. The molecular formula is C15H17N3O. The Balaban J connectivity index is 1.97. The van der Waals surface area contributed by atoms with Crippen molar-refractivity contribution in [1.82, 2.24) is 0 Å². The number of rotatable bonds is 4. The van der Waals surface area contributed by atoms with Gasteiger partial charge in [-0.3, -0.25) is 5.41 Å². The fourth-order valence-electron chi connectivity index (χ4n) is 1.65. The zero-order chi connectivity index (χ0) is 13.7. The summed E-state index contributed by atoms with van der Waals surface area (Å²) in [6.07, 6.45) is 0. The molecule has 3 N–H and O–H groups in total. The molecule has 0 fully saturated rings. The number of nitrogens with one attached hydrogen (secondary N) is 1. The normalized spacial score (nSPS) is 9.95. The molecule has 0 aliphatic rings. The van der Waals surface area contributed by atoms with Crippen LogP contribution in [0.5, 0.6) is 5.75 Å². The summed E-state index contributed by atoms with van der Waals surface area (Å²) in [5.74, 6) is 0.808. The van der Waals surface area contributed by atoms with Gasteiger partial charge in [0.25, 0.3) is 0 Å². The van der Waals surface area contributed by atoms with E-state index in [9.17, 15) is 0 Å². The molecule has 0 aliphatic carbocycles. The minimum atomic E-state index is 0.0120. The van der Waals surface area contributed by atoms with Crippen LogP contribution < -0.4 is 15.4 Å². The molecule has 0 atom stereocenters. The van der Waals surface area contributed by atoms with E-state index in [0.29, 0.717) is 6.61 Å². The maximum atomic E-state index is 7.36. The molecule has 0 saturated carbocycles. The third kappa shape index (κ3) is 3.48. The van der Waals surface area contributed by atoms with Crippen LogP contribution in [0, 0.1) is 5.41 Å². The van der Waals surface area contributed by atoms with Gasteiger partial charge in [0.2, 0.25) is 0 Å². The van der Waals surface area contributed by atoms with Gasteiger partial charge in [-0.15, -0.1) is 0 Å². The second kappa shape index (κ2) is 5.91. The lowest BCUT2D eigenvalue weighted by atomic mass is 10.2. The van der Waals surface area contributed by atoms with E-state index >= 15 is 0 Å². The fraction of sp³-hybridized carbons (Fsp3) is 0.133. The largest absolute Gasteiger partial charge is 0.489 e. The van der Waals surface area contributed by atoms with E-state index < -0.39 is 0 Å². The first kappa shape index (κ1) is 13.0. The average Bonchev–Trinajstić information content (AvgIpc) is 2.46. The lowest BCUT2D eigenvalue weighted by Crippen LogP contribution is -2.32. The van der Waals surface area contributed by atoms with Crippen molar-refractivity contribution in [1.29, 1.82) is 5.41 Å². The van der Waals surface area contributed by atoms with Crippen LogP contribution in [0.3, 0.4) is 0 Å². The van der Waals surface area contributed by atoms with Crippen molar-refractivity contribution < 1.29 is 4.74 Å². The molecule has 0 bridgehead atoms. The smallest absolute Gasteiger partial charge is 0.192 e. The lowest BCUT2D eigenvalue weighted by molar-refractivity contribution is 0.306. The minimum absolute atomic E-state index is 0.0120. The van der Waals surface area contributed by atoms with Gasteiger partial charge < -0.3 is 15.4 Å². The first-order chi connectivity index (χ1) is 9.16. The molecule has 4 heteroatoms. The highest BCUT2D eigenvalue weighted by Crippen LogP contribution is 2.19. The highest BCUT2D eigenvalue weighted by atomic mass is 16.5. The second-order valence-electron chi connectivity index (χ2n) is 4.21. The van der Waals surface area contributed by atoms with Crippen molar-refractivity contribution in [2.24, 2.45) is 5.73 Å². The van der Waals surface area contributed by atoms with Crippen molar-refractivity contribution >= 4 is 11.6 Å². The monoisotopic (exact) mass is 255 g/mol. The standard InChI is InChI=1S/C15H17N3O/c1-18(15(16)17)13-7-9-14(10-8-13)19-11-12-5-3-2-4-6-12/h2-10H,11H2,1H3,(H3,16,17). The van der Waals surface area contributed by atoms with Crippen molar-refractivity contribution in [2.45, 2.75) is 6.61 Å². The summed E-state index contributed by atoms with van der Waals surface area (Å²) in [7, 11) is 1.75. The van der Waals surface area contributed by atoms with Gasteiger partial charge in [0.05, 0.1) is 0 Å². The van der Waals surface area contributed by atoms with Crippen LogP contribution in [0.2, 0.25) is 0 Å². The van der Waals surface area contributed by atoms with Crippen LogP contribution in [-0.4, -0.2) is 13.0 Å². The number of anilines is 1. The molecule has 0 radical (unpaired) electrons. The number of ether oxygens (including phenoxy) is 1. The SMILES string of the molecule is CN(C(=N)N)c1ccc(OCc2ccccc2)cc1. The summed E-state index contributed by atoms with van der Waals surface area (Å²) in [4.78, 5) is 1.60. The Morgan fingerprint density at radius 3 is 2.32 bits per heavy atom. The Labute approximate surface area is 112 Å². The Morgan fingerprint density at radius 2 is 1.74 bits per heavy atom. The summed E-state index contributed by atoms with van der Waals surface area (Å²) in [6, 6.07) is 17.5. The van der Waals surface area contributed by atoms with Crippen LogP contribution in [0.25, 0.3) is 0 Å². The number of hydrogen-bond donors (Lipinski definition) is 2. The highest BCUT2D eigenvalue weighted by molar-refractivity contribution is 5.91. The molecule has 0 amide bonds. The fourth-order valence-corrected chi connectivity index (χ4v) is 1.65. The van der Waals surface area contributed by atoms with Crippen LogP contribution in [0.1, 0.15) is 5.56 Å². The van der Waals surface area contributed by atoms with Gasteiger partial charge in [-0.05, 0) is 29.8 Å². The first-order valence-corrected chi connectivity index (χ1v) is 6.01. The van der Waals surface area contributed by atoms with E-state index in [4.69, 9.17) is 15.9 Å². The van der Waals surface area contributed by atoms with Crippen LogP contribution in [0.15, 0.2) is 54.6 Å². The number of nitrogens with two attached hydrogens (primary N) is 1. The maximum absolute atomic E-state index is 7.36. The third-order valence-corrected chi connectivity index (χ3v) is 2.83. The third-order valence-electron chi connectivity index (χ3n) is 2.83. The van der Waals surface area contributed by atoms with Gasteiger partial charge >= 0.3 is 0 Å². The van der Waals surface area contributed by atoms with E-state index in [1.54, 1.807) is 11.9 Å². The summed E-state index contributed by atoms with van der Waals surface area (Å²) < 4.78 is 5.68. The Bertz CT molecular complexity index is 537. The second-order valence-corrected chi connectivity index (χ2v) is 4.21. The zero-order valence-corrected chi connectivity index (χ0v) is 10.8. The van der Waals surface area contributed by atoms with E-state index in [2.05, 4.69) is 0 Å². The molecule has 0 unspecified atom stereocenters. The molecule has 4 nitrogen and oxygen atoms in total. The Morgan fingerprint density at radius 1 is 1.11 bits per heavy atom. The molecule has 19 heavy (non-hydrogen) atoms. The van der Waals surface area contributed by atoms with E-state index in [1.165, 1.54) is 0 Å². The molecular weight excluding hydrogens is 238 g/mol. The molecule has 0 aromatic heterocycles. The van der Waals surface area contributed by atoms with Crippen molar-refractivity contribution in [3.05, 3.63) is 60.2 Å². The Kier molecular flexibility index (Phi) is 4.03. The van der Waals surface area contributed by atoms with Crippen molar-refractivity contribution in [3.63, 3.8) is 0 Å². The quantitative estimate of drug-likeness (QED) is 0.652. The van der Waals surface area contributed by atoms with Crippen molar-refractivity contribution in [2.75, 3.05) is 11.9 Å². The summed E-state index contributed by atoms with van der Waals surface area (Å²) in [5, 5.41) is 7.36. The maximum Gasteiger partial charge on any atom is 0.192 e. The molecule has 2 aromatic rings. The van der Waals surface area contributed by atoms with Crippen LogP contribution in [0.4, 0.5) is 5.69 Å². The van der Waals surface area contributed by atoms with Crippen LogP contribution in [-0.2, 0) is 6.61 Å². The summed E-state index contributed by atoms with van der Waals surface area (Å²) in [6.45, 7) is 0.544. The predicted octanol–water partition coefficient (Wildman–Crippen LogP) is 2.60. The van der Waals surface area contributed by atoms with Gasteiger partial charge in [0, 0.05) is 12.7 Å². The topological polar surface area (TPSA) is 62.3 Å². The molecule has 2 rings (SSSR count). The molecule has 2 aromatic carbocycles. The van der Waals surface area contributed by atoms with Crippen molar-refractivity contribution in [3.8, 4) is 5.75 Å². The van der Waals surface area contributed by atoms with Gasteiger partial charge in [-0.2, -0.15) is 0 Å². The number of guanidine groups is 1. The average molecular weight is 255 g/mol. The molecule has 0 aliphatic heterocycles. The van der Waals surface area contributed by atoms with Gasteiger partial charge in [0.15, 0.2) is 5.96 Å². The minimum Gasteiger partial charge on any atom is -0.489 e. The zero-order valence-electron chi connectivity index (χ0n) is 10.8. The Hall–Kier alpha value is -2.49. The lowest BCUT2D eigenvalue weighted by Gasteiger charge is -2.17. The van der Waals surface area contributed by atoms with Gasteiger partial charge in [-0.1, -0.05) is 30.3 Å². The first-order valence-electron chi connectivity index (χ1n) is 6.01. The van der Waals surface area contributed by atoms with E-state index in [0.717, 1.165) is 17.0 Å². The predicted molar refractivity (Wildman–Crippen MR) is 77.5 cm³/mol. The van der Waals surface area contributed by atoms with Crippen LogP contribution >= 0.6 is 0 Å². The van der Waals surface area contributed by atoms with E-state index in [1.807, 2.05) is 54.6 Å². The number of benzene rings is 2. The molecule has 98 valence electrons. The summed E-state index contributed by atoms with van der Waals surface area (Å²) >= 11 is 0.